The van der Waals surface area contributed by atoms with Crippen molar-refractivity contribution < 1.29 is 9.90 Å². The van der Waals surface area contributed by atoms with E-state index >= 15 is 0 Å². The van der Waals surface area contributed by atoms with Crippen LogP contribution in [0, 0.1) is 0 Å². The Balaban J connectivity index is 2.21. The maximum Gasteiger partial charge on any atom is 0.309 e. The first-order valence-corrected chi connectivity index (χ1v) is 4.53. The molecular formula is C9H9ClN2O2. The van der Waals surface area contributed by atoms with Crippen LogP contribution in [-0.2, 0) is 4.79 Å². The van der Waals surface area contributed by atoms with Crippen LogP contribution >= 0.6 is 11.6 Å². The molecule has 1 aliphatic rings. The molecule has 0 saturated heterocycles. The first-order valence-electron chi connectivity index (χ1n) is 4.15. The van der Waals surface area contributed by atoms with Gasteiger partial charge in [0.15, 0.2) is 5.12 Å². The van der Waals surface area contributed by atoms with Crippen molar-refractivity contribution in [2.24, 2.45) is 0 Å². The Morgan fingerprint density at radius 3 is 2.29 bits per heavy atom. The summed E-state index contributed by atoms with van der Waals surface area (Å²) in [5.74, 6) is -0.951. The average molecular weight is 213 g/mol. The lowest BCUT2D eigenvalue weighted by molar-refractivity contribution is -0.137. The van der Waals surface area contributed by atoms with Crippen LogP contribution in [-0.4, -0.2) is 16.2 Å². The van der Waals surface area contributed by atoms with Crippen molar-refractivity contribution >= 4 is 28.9 Å². The molecule has 74 valence electrons. The van der Waals surface area contributed by atoms with Gasteiger partial charge in [0.2, 0.25) is 0 Å². The van der Waals surface area contributed by atoms with E-state index in [0.717, 1.165) is 11.4 Å². The van der Waals surface area contributed by atoms with Gasteiger partial charge < -0.3 is 15.7 Å². The largest absolute Gasteiger partial charge is 0.481 e. The highest BCUT2D eigenvalue weighted by molar-refractivity contribution is 6.28. The lowest BCUT2D eigenvalue weighted by Crippen LogP contribution is -2.37. The Bertz CT molecular complexity index is 356. The SMILES string of the molecule is O=C(O)CC1(Cl)Nc2ccccc2N1. The molecule has 0 fully saturated rings. The van der Waals surface area contributed by atoms with Gasteiger partial charge in [-0.1, -0.05) is 23.7 Å². The molecule has 1 heterocycles. The van der Waals surface area contributed by atoms with E-state index in [2.05, 4.69) is 10.6 Å². The van der Waals surface area contributed by atoms with Gasteiger partial charge >= 0.3 is 5.97 Å². The van der Waals surface area contributed by atoms with Crippen LogP contribution in [0.4, 0.5) is 11.4 Å². The molecule has 4 nitrogen and oxygen atoms in total. The minimum Gasteiger partial charge on any atom is -0.481 e. The Labute approximate surface area is 85.9 Å². The molecule has 0 radical (unpaired) electrons. The molecule has 5 heteroatoms. The Kier molecular flexibility index (Phi) is 2.00. The van der Waals surface area contributed by atoms with Gasteiger partial charge in [0.05, 0.1) is 11.4 Å². The van der Waals surface area contributed by atoms with Crippen LogP contribution in [0.3, 0.4) is 0 Å². The fourth-order valence-corrected chi connectivity index (χ4v) is 1.77. The normalized spacial score (nSPS) is 16.6. The summed E-state index contributed by atoms with van der Waals surface area (Å²) in [6, 6.07) is 7.40. The quantitative estimate of drug-likeness (QED) is 0.518. The third-order valence-electron chi connectivity index (χ3n) is 1.99. The number of carboxylic acid groups (broad SMARTS) is 1. The zero-order valence-corrected chi connectivity index (χ0v) is 8.01. The molecule has 0 unspecified atom stereocenters. The third kappa shape index (κ3) is 1.61. The van der Waals surface area contributed by atoms with E-state index in [1.807, 2.05) is 24.3 Å². The molecule has 0 amide bonds. The van der Waals surface area contributed by atoms with E-state index in [9.17, 15) is 4.79 Å². The van der Waals surface area contributed by atoms with Crippen molar-refractivity contribution in [1.82, 2.24) is 0 Å². The number of anilines is 2. The topological polar surface area (TPSA) is 61.4 Å². The van der Waals surface area contributed by atoms with Crippen LogP contribution in [0.25, 0.3) is 0 Å². The monoisotopic (exact) mass is 212 g/mol. The maximum atomic E-state index is 10.5. The molecule has 1 aromatic rings. The number of aliphatic carboxylic acids is 1. The molecule has 1 aliphatic heterocycles. The number of fused-ring (bicyclic) bond motifs is 1. The summed E-state index contributed by atoms with van der Waals surface area (Å²) in [5.41, 5.74) is 1.65. The van der Waals surface area contributed by atoms with Gasteiger partial charge in [-0.05, 0) is 12.1 Å². The number of nitrogens with one attached hydrogen (secondary N) is 2. The molecule has 0 aliphatic carbocycles. The number of rotatable bonds is 2. The van der Waals surface area contributed by atoms with Crippen LogP contribution in [0.1, 0.15) is 6.42 Å². The maximum absolute atomic E-state index is 10.5. The fraction of sp³-hybridized carbons (Fsp3) is 0.222. The first-order chi connectivity index (χ1) is 6.59. The van der Waals surface area contributed by atoms with Gasteiger partial charge in [-0.15, -0.1) is 0 Å². The van der Waals surface area contributed by atoms with Crippen molar-refractivity contribution in [3.8, 4) is 0 Å². The number of hydrogen-bond donors (Lipinski definition) is 3. The second-order valence-corrected chi connectivity index (χ2v) is 3.81. The van der Waals surface area contributed by atoms with Gasteiger partial charge in [-0.3, -0.25) is 4.79 Å². The van der Waals surface area contributed by atoms with Crippen molar-refractivity contribution in [1.29, 1.82) is 0 Å². The molecule has 0 spiro atoms. The molecule has 0 saturated carbocycles. The van der Waals surface area contributed by atoms with E-state index in [4.69, 9.17) is 16.7 Å². The van der Waals surface area contributed by atoms with E-state index in [1.54, 1.807) is 0 Å². The Morgan fingerprint density at radius 1 is 1.36 bits per heavy atom. The summed E-state index contributed by atoms with van der Waals surface area (Å²) >= 11 is 6.03. The summed E-state index contributed by atoms with van der Waals surface area (Å²) in [6.45, 7) is 0. The summed E-state index contributed by atoms with van der Waals surface area (Å²) in [5, 5.41) is 13.4. The van der Waals surface area contributed by atoms with Gasteiger partial charge in [-0.25, -0.2) is 0 Å². The highest BCUT2D eigenvalue weighted by atomic mass is 35.5. The van der Waals surface area contributed by atoms with Gasteiger partial charge in [-0.2, -0.15) is 0 Å². The molecule has 0 atom stereocenters. The van der Waals surface area contributed by atoms with Crippen molar-refractivity contribution in [2.75, 3.05) is 10.6 Å². The number of halogens is 1. The summed E-state index contributed by atoms with van der Waals surface area (Å²) in [4.78, 5) is 10.5. The number of benzene rings is 1. The van der Waals surface area contributed by atoms with Crippen LogP contribution in [0.2, 0.25) is 0 Å². The number of alkyl halides is 1. The fourth-order valence-electron chi connectivity index (χ4n) is 1.46. The summed E-state index contributed by atoms with van der Waals surface area (Å²) in [6.07, 6.45) is -0.191. The van der Waals surface area contributed by atoms with E-state index in [1.165, 1.54) is 0 Å². The van der Waals surface area contributed by atoms with Crippen molar-refractivity contribution in [2.45, 2.75) is 11.5 Å². The van der Waals surface area contributed by atoms with Crippen molar-refractivity contribution in [3.05, 3.63) is 24.3 Å². The van der Waals surface area contributed by atoms with Gasteiger partial charge in [0.25, 0.3) is 0 Å². The molecule has 1 aromatic carbocycles. The van der Waals surface area contributed by atoms with Crippen LogP contribution in [0.5, 0.6) is 0 Å². The van der Waals surface area contributed by atoms with Gasteiger partial charge in [0.1, 0.15) is 6.42 Å². The van der Waals surface area contributed by atoms with Gasteiger partial charge in [0, 0.05) is 0 Å². The smallest absolute Gasteiger partial charge is 0.309 e. The second kappa shape index (κ2) is 3.06. The third-order valence-corrected chi connectivity index (χ3v) is 2.31. The average Bonchev–Trinajstić information content (AvgIpc) is 2.38. The molecule has 3 N–H and O–H groups in total. The predicted molar refractivity (Wildman–Crippen MR) is 54.5 cm³/mol. The summed E-state index contributed by atoms with van der Waals surface area (Å²) < 4.78 is 0. The number of para-hydroxylation sites is 2. The Hall–Kier alpha value is -1.42. The number of hydrogen-bond acceptors (Lipinski definition) is 3. The predicted octanol–water partition coefficient (Wildman–Crippen LogP) is 1.89. The highest BCUT2D eigenvalue weighted by Gasteiger charge is 2.35. The van der Waals surface area contributed by atoms with Crippen LogP contribution < -0.4 is 10.6 Å². The minimum atomic E-state index is -1.10. The Morgan fingerprint density at radius 2 is 1.86 bits per heavy atom. The molecule has 0 aromatic heterocycles. The zero-order valence-electron chi connectivity index (χ0n) is 7.25. The standard InChI is InChI=1S/C9H9ClN2O2/c10-9(5-8(13)14)11-6-3-1-2-4-7(6)12-9/h1-4,11-12H,5H2,(H,13,14). The molecular weight excluding hydrogens is 204 g/mol. The van der Waals surface area contributed by atoms with Crippen LogP contribution in [0.15, 0.2) is 24.3 Å². The molecule has 2 rings (SSSR count). The van der Waals surface area contributed by atoms with E-state index in [0.29, 0.717) is 0 Å². The highest BCUT2D eigenvalue weighted by Crippen LogP contribution is 2.37. The zero-order chi connectivity index (χ0) is 10.2. The number of carbonyl (C=O) groups is 1. The van der Waals surface area contributed by atoms with E-state index < -0.39 is 11.1 Å². The second-order valence-electron chi connectivity index (χ2n) is 3.17. The minimum absolute atomic E-state index is 0.191. The molecule has 14 heavy (non-hydrogen) atoms. The van der Waals surface area contributed by atoms with Crippen molar-refractivity contribution in [3.63, 3.8) is 0 Å². The lowest BCUT2D eigenvalue weighted by Gasteiger charge is -2.20. The number of carboxylic acids is 1. The lowest BCUT2D eigenvalue weighted by atomic mass is 10.3. The first kappa shape index (κ1) is 9.15. The summed E-state index contributed by atoms with van der Waals surface area (Å²) in [7, 11) is 0. The molecule has 0 bridgehead atoms. The van der Waals surface area contributed by atoms with E-state index in [-0.39, 0.29) is 6.42 Å².